The number of nitriles is 1. The first-order chi connectivity index (χ1) is 32.7. The summed E-state index contributed by atoms with van der Waals surface area (Å²) in [5.74, 6) is -4.06. The summed E-state index contributed by atoms with van der Waals surface area (Å²) in [6.07, 6.45) is 4.68. The molecule has 1 fully saturated rings. The van der Waals surface area contributed by atoms with Crippen molar-refractivity contribution in [2.75, 3.05) is 6.54 Å². The van der Waals surface area contributed by atoms with Gasteiger partial charge in [-0.2, -0.15) is 5.26 Å². The molecular weight excluding hydrogens is 941 g/mol. The smallest absolute Gasteiger partial charge is 0.350 e. The predicted molar refractivity (Wildman–Crippen MR) is 265 cm³/mol. The quantitative estimate of drug-likeness (QED) is 0.0351. The number of unbranched alkanes of at least 4 members (excludes halogenated alkanes) is 2. The van der Waals surface area contributed by atoms with Crippen molar-refractivity contribution >= 4 is 82.7 Å². The van der Waals surface area contributed by atoms with E-state index in [4.69, 9.17) is 14.2 Å². The maximum absolute atomic E-state index is 14.7. The number of carbonyl (C=O) groups is 6. The molecule has 0 spiro atoms. The molecule has 3 atom stereocenters. The number of ether oxygens (including phenoxy) is 3. The first-order valence-corrected chi connectivity index (χ1v) is 26.1. The van der Waals surface area contributed by atoms with Gasteiger partial charge in [0.2, 0.25) is 5.91 Å². The molecule has 13 nitrogen and oxygen atoms in total. The normalized spacial score (nSPS) is 15.3. The summed E-state index contributed by atoms with van der Waals surface area (Å²) in [5.41, 5.74) is 1.50. The van der Waals surface area contributed by atoms with Crippen molar-refractivity contribution in [2.24, 2.45) is 11.8 Å². The van der Waals surface area contributed by atoms with E-state index < -0.39 is 53.6 Å². The summed E-state index contributed by atoms with van der Waals surface area (Å²) in [6.45, 7) is 14.9. The van der Waals surface area contributed by atoms with E-state index >= 15 is 0 Å². The van der Waals surface area contributed by atoms with Crippen molar-refractivity contribution in [3.63, 3.8) is 0 Å². The molecule has 0 aromatic heterocycles. The molecule has 3 aliphatic rings. The van der Waals surface area contributed by atoms with Gasteiger partial charge in [0.1, 0.15) is 17.7 Å². The van der Waals surface area contributed by atoms with Crippen molar-refractivity contribution in [3.05, 3.63) is 104 Å². The average molecular weight is 997 g/mol. The summed E-state index contributed by atoms with van der Waals surface area (Å²) in [6, 6.07) is 20.7. The number of thioether (sulfide) groups is 4. The molecule has 0 saturated carbocycles. The van der Waals surface area contributed by atoms with Crippen molar-refractivity contribution in [1.82, 2.24) is 15.3 Å². The molecule has 17 heteroatoms. The van der Waals surface area contributed by atoms with Crippen LogP contribution in [0.25, 0.3) is 0 Å². The Bertz CT molecular complexity index is 2420. The topological polar surface area (TPSA) is 172 Å². The van der Waals surface area contributed by atoms with Crippen LogP contribution in [0.2, 0.25) is 0 Å². The van der Waals surface area contributed by atoms with Gasteiger partial charge in [0, 0.05) is 5.57 Å². The number of carbonyl (C=O) groups excluding carboxylic acids is 6. The molecule has 3 heterocycles. The van der Waals surface area contributed by atoms with E-state index in [9.17, 15) is 34.0 Å². The van der Waals surface area contributed by atoms with Crippen LogP contribution < -0.4 is 14.8 Å². The van der Waals surface area contributed by atoms with Crippen LogP contribution in [0.15, 0.2) is 112 Å². The maximum atomic E-state index is 14.7. The van der Waals surface area contributed by atoms with Crippen LogP contribution in [0.5, 0.6) is 11.5 Å². The number of nitrogens with one attached hydrogen (secondary N) is 1. The van der Waals surface area contributed by atoms with Gasteiger partial charge in [-0.05, 0) is 50.7 Å². The van der Waals surface area contributed by atoms with Gasteiger partial charge in [-0.15, -0.1) is 0 Å². The number of esters is 3. The fourth-order valence-electron chi connectivity index (χ4n) is 7.45. The van der Waals surface area contributed by atoms with Gasteiger partial charge in [-0.1, -0.05) is 168 Å². The first kappa shape index (κ1) is 52.0. The molecule has 3 amide bonds. The molecule has 3 aliphatic heterocycles. The molecule has 3 aromatic carbocycles. The Labute approximate surface area is 415 Å². The van der Waals surface area contributed by atoms with Crippen LogP contribution >= 0.6 is 47.0 Å². The third-order valence-corrected chi connectivity index (χ3v) is 16.6. The highest BCUT2D eigenvalue weighted by molar-refractivity contribution is 8.26. The molecule has 3 aromatic rings. The summed E-state index contributed by atoms with van der Waals surface area (Å²) in [4.78, 5) is 85.1. The molecular formula is C51H56N4O9S4. The van der Waals surface area contributed by atoms with Gasteiger partial charge in [0.15, 0.2) is 17.1 Å². The summed E-state index contributed by atoms with van der Waals surface area (Å²) in [7, 11) is 0. The van der Waals surface area contributed by atoms with Crippen LogP contribution in [-0.2, 0) is 46.6 Å². The van der Waals surface area contributed by atoms with Crippen LogP contribution in [0, 0.1) is 23.2 Å². The van der Waals surface area contributed by atoms with Gasteiger partial charge in [0.25, 0.3) is 11.8 Å². The van der Waals surface area contributed by atoms with Gasteiger partial charge in [-0.3, -0.25) is 24.0 Å². The zero-order valence-corrected chi connectivity index (χ0v) is 42.4. The maximum Gasteiger partial charge on any atom is 0.350 e. The lowest BCUT2D eigenvalue weighted by atomic mass is 10.00. The minimum atomic E-state index is -0.942. The predicted octanol–water partition coefficient (Wildman–Crippen LogP) is 10.9. The fraction of sp³-hybridized carbons (Fsp3) is 0.392. The highest BCUT2D eigenvalue weighted by Gasteiger charge is 2.47. The standard InChI is InChI=1S/C51H56N4O9S4/c1-8-12-24-34(10-3)47(59)63-38-40-41(66-50(65-40)36(26-52)49(61)62-31(7)27-53-44(56)30(5)6)39(64-48(60)35(11-4)25-13-9-2)43-42(38)67-51(68-43)37-45(57)54(28-32-20-16-14-17-21-32)55(46(37)58)29-33-22-18-15-19-23-33/h14-23,31,34-35H,5,8-13,24-25,27-29H2,1-4,6-7H3,(H,53,56). The molecule has 1 N–H and O–H groups in total. The molecule has 6 rings (SSSR count). The van der Waals surface area contributed by atoms with Crippen LogP contribution in [0.3, 0.4) is 0 Å². The molecule has 1 saturated heterocycles. The zero-order chi connectivity index (χ0) is 49.1. The molecule has 0 aliphatic carbocycles. The Morgan fingerprint density at radius 1 is 0.721 bits per heavy atom. The van der Waals surface area contributed by atoms with E-state index in [1.54, 1.807) is 13.8 Å². The minimum absolute atomic E-state index is 0.0303. The van der Waals surface area contributed by atoms with Crippen molar-refractivity contribution in [1.29, 1.82) is 5.26 Å². The number of hydrogen-bond donors (Lipinski definition) is 1. The van der Waals surface area contributed by atoms with Crippen LogP contribution in [0.1, 0.15) is 104 Å². The van der Waals surface area contributed by atoms with Crippen LogP contribution in [0.4, 0.5) is 0 Å². The lowest BCUT2D eigenvalue weighted by molar-refractivity contribution is -0.149. The van der Waals surface area contributed by atoms with Crippen LogP contribution in [-0.4, -0.2) is 58.3 Å². The lowest BCUT2D eigenvalue weighted by Gasteiger charge is -2.27. The Balaban J connectivity index is 1.50. The fourth-order valence-corrected chi connectivity index (χ4v) is 12.9. The highest BCUT2D eigenvalue weighted by Crippen LogP contribution is 2.69. The Hall–Kier alpha value is -5.41. The number of fused-ring (bicyclic) bond motifs is 2. The SMILES string of the molecule is C=C(C)C(=O)NCC(C)OC(=O)C(C#N)=C1Sc2c(OC(=O)C(CC)CCCC)c3c(c(OC(=O)C(CC)CCCC)c2S1)SC(=C1C(=O)N(Cc2ccccc2)N(Cc2ccccc2)C1=O)S3. The van der Waals surface area contributed by atoms with Gasteiger partial charge in [0.05, 0.1) is 59.5 Å². The second-order valence-corrected chi connectivity index (χ2v) is 21.2. The number of hydrogen-bond acceptors (Lipinski definition) is 14. The molecule has 68 heavy (non-hydrogen) atoms. The third-order valence-electron chi connectivity index (χ3n) is 11.4. The number of benzene rings is 3. The Kier molecular flexibility index (Phi) is 18.5. The van der Waals surface area contributed by atoms with E-state index in [1.165, 1.54) is 10.0 Å². The highest BCUT2D eigenvalue weighted by atomic mass is 32.2. The summed E-state index contributed by atoms with van der Waals surface area (Å²) < 4.78 is 19.0. The van der Waals surface area contributed by atoms with Gasteiger partial charge in [-0.25, -0.2) is 14.8 Å². The Morgan fingerprint density at radius 2 is 1.16 bits per heavy atom. The Morgan fingerprint density at radius 3 is 1.56 bits per heavy atom. The molecule has 0 radical (unpaired) electrons. The molecule has 0 bridgehead atoms. The van der Waals surface area contributed by atoms with Crippen molar-refractivity contribution in [2.45, 2.75) is 132 Å². The zero-order valence-electron chi connectivity index (χ0n) is 39.1. The molecule has 358 valence electrons. The minimum Gasteiger partial charge on any atom is -0.457 e. The van der Waals surface area contributed by atoms with E-state index in [1.807, 2.05) is 94.4 Å². The second kappa shape index (κ2) is 24.2. The van der Waals surface area contributed by atoms with Gasteiger partial charge >= 0.3 is 17.9 Å². The van der Waals surface area contributed by atoms with Crippen molar-refractivity contribution in [3.8, 4) is 17.6 Å². The average Bonchev–Trinajstić information content (AvgIpc) is 4.02. The lowest BCUT2D eigenvalue weighted by Crippen LogP contribution is -2.39. The van der Waals surface area contributed by atoms with E-state index in [-0.39, 0.29) is 52.1 Å². The number of hydrazine groups is 1. The van der Waals surface area contributed by atoms with E-state index in [0.717, 1.165) is 83.9 Å². The second-order valence-electron chi connectivity index (χ2n) is 16.6. The summed E-state index contributed by atoms with van der Waals surface area (Å²) in [5, 5.41) is 16.0. The largest absolute Gasteiger partial charge is 0.457 e. The monoisotopic (exact) mass is 996 g/mol. The molecule has 3 unspecified atom stereocenters. The van der Waals surface area contributed by atoms with E-state index in [0.29, 0.717) is 49.5 Å². The number of amides is 3. The summed E-state index contributed by atoms with van der Waals surface area (Å²) >= 11 is 4.17. The number of nitrogens with zero attached hydrogens (tertiary/aromatic N) is 3. The van der Waals surface area contributed by atoms with Gasteiger partial charge < -0.3 is 19.5 Å². The van der Waals surface area contributed by atoms with E-state index in [2.05, 4.69) is 11.9 Å². The third kappa shape index (κ3) is 12.1. The number of rotatable bonds is 21. The van der Waals surface area contributed by atoms with Crippen molar-refractivity contribution < 1.29 is 43.0 Å². The first-order valence-electron chi connectivity index (χ1n) is 22.9.